The van der Waals surface area contributed by atoms with Gasteiger partial charge in [0.15, 0.2) is 22.5 Å². The van der Waals surface area contributed by atoms with E-state index in [9.17, 15) is 14.4 Å². The first-order valence-electron chi connectivity index (χ1n) is 13.9. The summed E-state index contributed by atoms with van der Waals surface area (Å²) in [6.45, 7) is 7.26. The average Bonchev–Trinajstić information content (AvgIpc) is 3.27. The van der Waals surface area contributed by atoms with Crippen molar-refractivity contribution in [3.05, 3.63) is 47.2 Å². The van der Waals surface area contributed by atoms with Crippen molar-refractivity contribution in [3.63, 3.8) is 0 Å². The number of aromatic nitrogens is 4. The zero-order valence-corrected chi connectivity index (χ0v) is 26.3. The number of imidazole rings is 1. The number of rotatable bonds is 10. The third-order valence-electron chi connectivity index (χ3n) is 7.28. The minimum atomic E-state index is -0.380. The first kappa shape index (κ1) is 30.6. The molecule has 1 fully saturated rings. The molecule has 0 bridgehead atoms. The zero-order chi connectivity index (χ0) is 29.7. The normalized spacial score (nSPS) is 14.0. The number of nitrogens with one attached hydrogen (secondary N) is 2. The van der Waals surface area contributed by atoms with Crippen LogP contribution in [0.2, 0.25) is 0 Å². The lowest BCUT2D eigenvalue weighted by atomic mass is 10.0. The van der Waals surface area contributed by atoms with Crippen molar-refractivity contribution in [1.29, 1.82) is 0 Å². The van der Waals surface area contributed by atoms with Crippen molar-refractivity contribution >= 4 is 57.2 Å². The molecule has 4 rings (SSSR count). The van der Waals surface area contributed by atoms with Gasteiger partial charge in [-0.05, 0) is 52.9 Å². The fourth-order valence-corrected chi connectivity index (χ4v) is 5.67. The molecule has 1 aliphatic heterocycles. The molecule has 2 aromatic heterocycles. The highest BCUT2D eigenvalue weighted by atomic mass is 127. The number of alkyl halides is 1. The standard InChI is InChI=1S/C28H38IN9O3/c1-5-37-21-8-7-18(28(41)36-11-9-19(10-12-36)33-23(39)17-35(3)4)13-22(21)38(6-2)24(37)16-32-27(40)25-26(30)31-15-20(14-29)34-25/h7-8,13,15,19H,5-6,9-12,14,16-17H2,1-4H3,(H3-,30,31,32,33,39,40)/p+1. The SMILES string of the molecule is CCn1c(CNC(=O)c2nc(CI)cnc2N)[n+](CC)c2ccc(C(=O)N3CCC(NC(=O)CN(C)C)CC3)cc21. The average molecular weight is 677 g/mol. The van der Waals surface area contributed by atoms with E-state index in [4.69, 9.17) is 5.73 Å². The summed E-state index contributed by atoms with van der Waals surface area (Å²) in [5.74, 6) is 0.616. The molecule has 3 heterocycles. The Morgan fingerprint density at radius 1 is 1.20 bits per heavy atom. The van der Waals surface area contributed by atoms with Crippen LogP contribution in [0.5, 0.6) is 0 Å². The van der Waals surface area contributed by atoms with Crippen molar-refractivity contribution in [3.8, 4) is 0 Å². The van der Waals surface area contributed by atoms with Crippen LogP contribution < -0.4 is 20.9 Å². The van der Waals surface area contributed by atoms with Gasteiger partial charge in [0.2, 0.25) is 5.91 Å². The molecule has 0 aliphatic carbocycles. The minimum Gasteiger partial charge on any atom is -0.382 e. The van der Waals surface area contributed by atoms with Gasteiger partial charge in [0, 0.05) is 35.2 Å². The number of fused-ring (bicyclic) bond motifs is 1. The van der Waals surface area contributed by atoms with E-state index in [1.54, 1.807) is 6.20 Å². The topological polar surface area (TPSA) is 142 Å². The van der Waals surface area contributed by atoms with Crippen LogP contribution in [0.1, 0.15) is 59.1 Å². The van der Waals surface area contributed by atoms with Crippen molar-refractivity contribution in [2.24, 2.45) is 0 Å². The molecule has 13 heteroatoms. The van der Waals surface area contributed by atoms with Crippen molar-refractivity contribution < 1.29 is 19.0 Å². The number of nitrogens with two attached hydrogens (primary N) is 1. The summed E-state index contributed by atoms with van der Waals surface area (Å²) in [4.78, 5) is 50.7. The molecule has 1 aliphatic rings. The first-order chi connectivity index (χ1) is 19.7. The van der Waals surface area contributed by atoms with Crippen LogP contribution in [-0.4, -0.2) is 81.8 Å². The van der Waals surface area contributed by atoms with E-state index in [0.29, 0.717) is 48.4 Å². The lowest BCUT2D eigenvalue weighted by Crippen LogP contribution is -2.48. The molecule has 0 unspecified atom stereocenters. The van der Waals surface area contributed by atoms with Gasteiger partial charge in [-0.1, -0.05) is 22.6 Å². The van der Waals surface area contributed by atoms with Gasteiger partial charge in [0.25, 0.3) is 17.6 Å². The van der Waals surface area contributed by atoms with E-state index in [0.717, 1.165) is 29.7 Å². The number of hydrogen-bond donors (Lipinski definition) is 3. The Morgan fingerprint density at radius 3 is 2.56 bits per heavy atom. The summed E-state index contributed by atoms with van der Waals surface area (Å²) in [6.07, 6.45) is 3.03. The van der Waals surface area contributed by atoms with Crippen LogP contribution in [0.3, 0.4) is 0 Å². The second-order valence-electron chi connectivity index (χ2n) is 10.4. The summed E-state index contributed by atoms with van der Waals surface area (Å²) in [5, 5.41) is 6.04. The van der Waals surface area contributed by atoms with E-state index in [1.807, 2.05) is 49.0 Å². The van der Waals surface area contributed by atoms with Gasteiger partial charge in [-0.3, -0.25) is 14.4 Å². The number of amides is 3. The number of hydrogen-bond acceptors (Lipinski definition) is 7. The number of anilines is 1. The van der Waals surface area contributed by atoms with Crippen molar-refractivity contribution in [2.75, 3.05) is 39.5 Å². The Bertz CT molecular complexity index is 1430. The Kier molecular flexibility index (Phi) is 10.1. The van der Waals surface area contributed by atoms with E-state index in [2.05, 4.69) is 59.3 Å². The number of nitrogens with zero attached hydrogens (tertiary/aromatic N) is 6. The van der Waals surface area contributed by atoms with Crippen LogP contribution >= 0.6 is 22.6 Å². The van der Waals surface area contributed by atoms with Gasteiger partial charge in [0.1, 0.15) is 6.54 Å². The van der Waals surface area contributed by atoms with E-state index in [1.165, 1.54) is 0 Å². The third kappa shape index (κ3) is 6.94. The second-order valence-corrected chi connectivity index (χ2v) is 11.2. The van der Waals surface area contributed by atoms with Gasteiger partial charge in [-0.2, -0.15) is 0 Å². The predicted molar refractivity (Wildman–Crippen MR) is 164 cm³/mol. The Hall–Kier alpha value is -3.33. The number of carbonyl (C=O) groups excluding carboxylic acids is 3. The summed E-state index contributed by atoms with van der Waals surface area (Å²) < 4.78 is 4.89. The molecular formula is C28H39IN9O3+. The van der Waals surface area contributed by atoms with Crippen LogP contribution in [0.4, 0.5) is 5.82 Å². The lowest BCUT2D eigenvalue weighted by Gasteiger charge is -2.32. The molecule has 0 spiro atoms. The van der Waals surface area contributed by atoms with Crippen LogP contribution in [0.25, 0.3) is 11.0 Å². The molecular weight excluding hydrogens is 637 g/mol. The Labute approximate surface area is 253 Å². The van der Waals surface area contributed by atoms with Crippen molar-refractivity contribution in [1.82, 2.24) is 35.0 Å². The third-order valence-corrected chi connectivity index (χ3v) is 8.06. The number of benzene rings is 1. The zero-order valence-electron chi connectivity index (χ0n) is 24.1. The second kappa shape index (κ2) is 13.6. The monoisotopic (exact) mass is 676 g/mol. The number of likely N-dealkylation sites (tertiary alicyclic amines) is 1. The van der Waals surface area contributed by atoms with Gasteiger partial charge < -0.3 is 26.2 Å². The maximum Gasteiger partial charge on any atom is 0.277 e. The summed E-state index contributed by atoms with van der Waals surface area (Å²) >= 11 is 2.17. The predicted octanol–water partition coefficient (Wildman–Crippen LogP) is 1.49. The van der Waals surface area contributed by atoms with E-state index in [-0.39, 0.29) is 41.8 Å². The molecule has 12 nitrogen and oxygen atoms in total. The quantitative estimate of drug-likeness (QED) is 0.168. The largest absolute Gasteiger partial charge is 0.382 e. The fraction of sp³-hybridized carbons (Fsp3) is 0.500. The molecule has 1 aromatic carbocycles. The number of aryl methyl sites for hydroxylation is 2. The summed E-state index contributed by atoms with van der Waals surface area (Å²) in [5.41, 5.74) is 9.29. The number of likely N-dealkylation sites (N-methyl/N-ethyl adjacent to an activating group) is 1. The molecule has 0 saturated carbocycles. The molecule has 220 valence electrons. The number of nitrogen functional groups attached to an aromatic ring is 1. The summed E-state index contributed by atoms with van der Waals surface area (Å²) in [6, 6.07) is 5.87. The van der Waals surface area contributed by atoms with Gasteiger partial charge in [0.05, 0.1) is 31.5 Å². The molecule has 3 amide bonds. The van der Waals surface area contributed by atoms with Crippen LogP contribution in [-0.2, 0) is 28.9 Å². The maximum absolute atomic E-state index is 13.5. The molecule has 1 saturated heterocycles. The highest BCUT2D eigenvalue weighted by molar-refractivity contribution is 14.1. The first-order valence-corrected chi connectivity index (χ1v) is 15.4. The Balaban J connectivity index is 1.50. The van der Waals surface area contributed by atoms with Gasteiger partial charge in [-0.15, -0.1) is 0 Å². The Morgan fingerprint density at radius 2 is 1.93 bits per heavy atom. The minimum absolute atomic E-state index is 0.00679. The molecule has 0 atom stereocenters. The molecule has 41 heavy (non-hydrogen) atoms. The van der Waals surface area contributed by atoms with Crippen molar-refractivity contribution in [2.45, 2.75) is 56.8 Å². The molecule has 4 N–H and O–H groups in total. The van der Waals surface area contributed by atoms with Gasteiger partial charge >= 0.3 is 0 Å². The fourth-order valence-electron chi connectivity index (χ4n) is 5.30. The maximum atomic E-state index is 13.5. The number of piperidine rings is 1. The van der Waals surface area contributed by atoms with Crippen LogP contribution in [0, 0.1) is 0 Å². The number of carbonyl (C=O) groups is 3. The van der Waals surface area contributed by atoms with Gasteiger partial charge in [-0.25, -0.2) is 19.1 Å². The van der Waals surface area contributed by atoms with E-state index < -0.39 is 0 Å². The number of halogens is 1. The van der Waals surface area contributed by atoms with Crippen LogP contribution in [0.15, 0.2) is 24.4 Å². The van der Waals surface area contributed by atoms with E-state index >= 15 is 0 Å². The summed E-state index contributed by atoms with van der Waals surface area (Å²) in [7, 11) is 3.73. The lowest BCUT2D eigenvalue weighted by molar-refractivity contribution is -0.676. The highest BCUT2D eigenvalue weighted by Gasteiger charge is 2.28. The highest BCUT2D eigenvalue weighted by Crippen LogP contribution is 2.21. The molecule has 0 radical (unpaired) electrons. The smallest absolute Gasteiger partial charge is 0.277 e. The molecule has 3 aromatic rings.